The van der Waals surface area contributed by atoms with E-state index in [4.69, 9.17) is 25.2 Å². The van der Waals surface area contributed by atoms with Gasteiger partial charge in [0, 0.05) is 16.5 Å². The van der Waals surface area contributed by atoms with Gasteiger partial charge < -0.3 is 13.6 Å². The van der Waals surface area contributed by atoms with Crippen molar-refractivity contribution in [2.45, 2.75) is 0 Å². The normalized spacial score (nSPS) is 11.2. The predicted octanol–water partition coefficient (Wildman–Crippen LogP) is 4.80. The number of benzene rings is 2. The number of carbonyl (C=O) groups excluding carboxylic acids is 1. The Kier molecular flexibility index (Phi) is 4.82. The summed E-state index contributed by atoms with van der Waals surface area (Å²) in [6.45, 7) is 0. The number of hydrogen-bond acceptors (Lipinski definition) is 6. The molecule has 0 fully saturated rings. The number of hydrogen-bond donors (Lipinski definition) is 1. The van der Waals surface area contributed by atoms with E-state index in [9.17, 15) is 4.79 Å². The summed E-state index contributed by atoms with van der Waals surface area (Å²) in [6, 6.07) is 14.4. The van der Waals surface area contributed by atoms with Crippen LogP contribution >= 0.6 is 11.6 Å². The van der Waals surface area contributed by atoms with E-state index in [1.807, 2.05) is 24.3 Å². The summed E-state index contributed by atoms with van der Waals surface area (Å²) in [5.41, 5.74) is 1.30. The van der Waals surface area contributed by atoms with Crippen LogP contribution in [0.1, 0.15) is 5.56 Å². The highest BCUT2D eigenvalue weighted by atomic mass is 35.5. The SMILES string of the molecule is COc1cccc2cc(-c3nnc(NC(=O)/C=C/c4ccccc4Cl)o3)oc12. The monoisotopic (exact) mass is 395 g/mol. The number of furan rings is 1. The molecule has 0 aliphatic heterocycles. The highest BCUT2D eigenvalue weighted by Crippen LogP contribution is 2.33. The molecule has 140 valence electrons. The Morgan fingerprint density at radius 2 is 2.00 bits per heavy atom. The Labute approximate surface area is 164 Å². The molecule has 4 rings (SSSR count). The van der Waals surface area contributed by atoms with Gasteiger partial charge in [-0.1, -0.05) is 47.0 Å². The Balaban J connectivity index is 1.50. The third-order valence-corrected chi connectivity index (χ3v) is 4.26. The van der Waals surface area contributed by atoms with Crippen LogP contribution in [0.2, 0.25) is 5.02 Å². The van der Waals surface area contributed by atoms with Gasteiger partial charge in [0.25, 0.3) is 11.8 Å². The summed E-state index contributed by atoms with van der Waals surface area (Å²) in [6.07, 6.45) is 2.93. The molecule has 0 unspecified atom stereocenters. The number of para-hydroxylation sites is 1. The fourth-order valence-corrected chi connectivity index (χ4v) is 2.80. The molecule has 8 heteroatoms. The van der Waals surface area contributed by atoms with Crippen molar-refractivity contribution in [2.24, 2.45) is 0 Å². The van der Waals surface area contributed by atoms with E-state index in [0.717, 1.165) is 10.9 Å². The molecule has 0 saturated heterocycles. The first-order valence-corrected chi connectivity index (χ1v) is 8.66. The van der Waals surface area contributed by atoms with Crippen LogP contribution in [0.5, 0.6) is 5.75 Å². The Hall–Kier alpha value is -3.58. The zero-order valence-corrected chi connectivity index (χ0v) is 15.4. The average Bonchev–Trinajstić information content (AvgIpc) is 3.33. The van der Waals surface area contributed by atoms with Crippen LogP contribution in [0.25, 0.3) is 28.7 Å². The van der Waals surface area contributed by atoms with Crippen molar-refractivity contribution in [1.29, 1.82) is 0 Å². The van der Waals surface area contributed by atoms with Crippen molar-refractivity contribution in [2.75, 3.05) is 12.4 Å². The van der Waals surface area contributed by atoms with E-state index in [-0.39, 0.29) is 11.9 Å². The molecule has 1 amide bonds. The topological polar surface area (TPSA) is 90.4 Å². The van der Waals surface area contributed by atoms with Gasteiger partial charge in [-0.3, -0.25) is 10.1 Å². The minimum Gasteiger partial charge on any atom is -0.493 e. The van der Waals surface area contributed by atoms with Crippen molar-refractivity contribution in [3.05, 3.63) is 65.2 Å². The first kappa shape index (κ1) is 17.8. The van der Waals surface area contributed by atoms with Crippen molar-refractivity contribution in [3.8, 4) is 17.4 Å². The first-order valence-electron chi connectivity index (χ1n) is 8.28. The lowest BCUT2D eigenvalue weighted by molar-refractivity contribution is -0.112. The molecule has 0 saturated carbocycles. The first-order chi connectivity index (χ1) is 13.6. The molecule has 0 radical (unpaired) electrons. The molecule has 0 spiro atoms. The Morgan fingerprint density at radius 3 is 2.82 bits per heavy atom. The number of carbonyl (C=O) groups is 1. The summed E-state index contributed by atoms with van der Waals surface area (Å²) in [5, 5.41) is 11.6. The van der Waals surface area contributed by atoms with Crippen molar-refractivity contribution in [3.63, 3.8) is 0 Å². The molecule has 0 bridgehead atoms. The largest absolute Gasteiger partial charge is 0.493 e. The molecule has 4 aromatic rings. The number of rotatable bonds is 5. The van der Waals surface area contributed by atoms with Crippen molar-refractivity contribution >= 4 is 40.6 Å². The molecule has 1 N–H and O–H groups in total. The van der Waals surface area contributed by atoms with Crippen molar-refractivity contribution in [1.82, 2.24) is 10.2 Å². The smallest absolute Gasteiger partial charge is 0.322 e. The molecule has 0 atom stereocenters. The number of nitrogens with one attached hydrogen (secondary N) is 1. The average molecular weight is 396 g/mol. The second kappa shape index (κ2) is 7.58. The second-order valence-corrected chi connectivity index (χ2v) is 6.15. The standard InChI is InChI=1S/C20H14ClN3O4/c1-26-15-8-4-6-13-11-16(27-18(13)15)19-23-24-20(28-19)22-17(25)10-9-12-5-2-3-7-14(12)21/h2-11H,1H3,(H,22,24,25)/b10-9+. The minimum absolute atomic E-state index is 0.0452. The van der Waals surface area contributed by atoms with Crippen LogP contribution < -0.4 is 10.1 Å². The number of fused-ring (bicyclic) bond motifs is 1. The lowest BCUT2D eigenvalue weighted by atomic mass is 10.2. The number of aromatic nitrogens is 2. The van der Waals surface area contributed by atoms with E-state index in [2.05, 4.69) is 15.5 Å². The molecule has 2 heterocycles. The van der Waals surface area contributed by atoms with Gasteiger partial charge in [-0.15, -0.1) is 5.10 Å². The van der Waals surface area contributed by atoms with Crippen LogP contribution in [-0.2, 0) is 4.79 Å². The van der Waals surface area contributed by atoms with Gasteiger partial charge in [0.15, 0.2) is 17.1 Å². The third kappa shape index (κ3) is 3.60. The van der Waals surface area contributed by atoms with Gasteiger partial charge in [-0.2, -0.15) is 0 Å². The zero-order valence-electron chi connectivity index (χ0n) is 14.7. The van der Waals surface area contributed by atoms with Gasteiger partial charge in [0.1, 0.15) is 0 Å². The van der Waals surface area contributed by atoms with E-state index in [1.165, 1.54) is 6.08 Å². The highest BCUT2D eigenvalue weighted by Gasteiger charge is 2.16. The fourth-order valence-electron chi connectivity index (χ4n) is 2.60. The molecule has 2 aromatic carbocycles. The van der Waals surface area contributed by atoms with Crippen LogP contribution in [-0.4, -0.2) is 23.2 Å². The lowest BCUT2D eigenvalue weighted by Crippen LogP contribution is -2.07. The number of methoxy groups -OCH3 is 1. The third-order valence-electron chi connectivity index (χ3n) is 3.91. The van der Waals surface area contributed by atoms with Gasteiger partial charge in [-0.25, -0.2) is 0 Å². The van der Waals surface area contributed by atoms with Crippen molar-refractivity contribution < 1.29 is 18.4 Å². The molecule has 0 aliphatic carbocycles. The molecule has 28 heavy (non-hydrogen) atoms. The summed E-state index contributed by atoms with van der Waals surface area (Å²) >= 11 is 6.05. The van der Waals surface area contributed by atoms with E-state index < -0.39 is 5.91 Å². The summed E-state index contributed by atoms with van der Waals surface area (Å²) in [4.78, 5) is 12.1. The molecule has 7 nitrogen and oxygen atoms in total. The van der Waals surface area contributed by atoms with Crippen LogP contribution in [0.4, 0.5) is 6.01 Å². The van der Waals surface area contributed by atoms with Gasteiger partial charge in [0.05, 0.1) is 7.11 Å². The van der Waals surface area contributed by atoms with Crippen LogP contribution in [0, 0.1) is 0 Å². The molecular weight excluding hydrogens is 382 g/mol. The zero-order chi connectivity index (χ0) is 19.5. The quantitative estimate of drug-likeness (QED) is 0.488. The lowest BCUT2D eigenvalue weighted by Gasteiger charge is -1.98. The molecule has 0 aliphatic rings. The van der Waals surface area contributed by atoms with Gasteiger partial charge in [-0.05, 0) is 29.8 Å². The molecular formula is C20H14ClN3O4. The molecule has 2 aromatic heterocycles. The second-order valence-electron chi connectivity index (χ2n) is 5.75. The van der Waals surface area contributed by atoms with E-state index in [0.29, 0.717) is 22.1 Å². The fraction of sp³-hybridized carbons (Fsp3) is 0.0500. The van der Waals surface area contributed by atoms with Crippen LogP contribution in [0.3, 0.4) is 0 Å². The van der Waals surface area contributed by atoms with E-state index in [1.54, 1.807) is 37.5 Å². The maximum atomic E-state index is 12.1. The number of amides is 1. The Bertz CT molecular complexity index is 1180. The van der Waals surface area contributed by atoms with E-state index >= 15 is 0 Å². The number of nitrogens with zero attached hydrogens (tertiary/aromatic N) is 2. The minimum atomic E-state index is -0.429. The predicted molar refractivity (Wildman–Crippen MR) is 105 cm³/mol. The maximum Gasteiger partial charge on any atom is 0.322 e. The maximum absolute atomic E-state index is 12.1. The number of ether oxygens (including phenoxy) is 1. The summed E-state index contributed by atoms with van der Waals surface area (Å²) in [5.74, 6) is 0.686. The van der Waals surface area contributed by atoms with Crippen LogP contribution in [0.15, 0.2) is 63.4 Å². The number of anilines is 1. The summed E-state index contributed by atoms with van der Waals surface area (Å²) < 4.78 is 16.5. The Morgan fingerprint density at radius 1 is 1.14 bits per heavy atom. The van der Waals surface area contributed by atoms with Gasteiger partial charge in [0.2, 0.25) is 0 Å². The highest BCUT2D eigenvalue weighted by molar-refractivity contribution is 6.32. The number of halogens is 1. The van der Waals surface area contributed by atoms with Gasteiger partial charge >= 0.3 is 6.01 Å². The summed E-state index contributed by atoms with van der Waals surface area (Å²) in [7, 11) is 1.56.